The van der Waals surface area contributed by atoms with Gasteiger partial charge in [0.2, 0.25) is 0 Å². The second-order valence-electron chi connectivity index (χ2n) is 5.83. The molecule has 2 atom stereocenters. The molecule has 1 aromatic heterocycles. The molecule has 0 saturated heterocycles. The van der Waals surface area contributed by atoms with Crippen LogP contribution in [0.15, 0.2) is 5.10 Å². The lowest BCUT2D eigenvalue weighted by molar-refractivity contribution is -0.303. The second-order valence-corrected chi connectivity index (χ2v) is 6.21. The molecule has 0 radical (unpaired) electrons. The number of carbonyl (C=O) groups excluding carboxylic acids is 1. The molecule has 0 aliphatic carbocycles. The van der Waals surface area contributed by atoms with E-state index in [1.54, 1.807) is 20.8 Å². The first kappa shape index (κ1) is 18.7. The van der Waals surface area contributed by atoms with E-state index in [2.05, 4.69) is 10.2 Å². The minimum absolute atomic E-state index is 0.0180. The van der Waals surface area contributed by atoms with E-state index >= 15 is 0 Å². The molecule has 24 heavy (non-hydrogen) atoms. The van der Waals surface area contributed by atoms with Crippen molar-refractivity contribution in [2.45, 2.75) is 58.5 Å². The van der Waals surface area contributed by atoms with Crippen molar-refractivity contribution in [3.63, 3.8) is 0 Å². The average molecular weight is 367 g/mol. The Hall–Kier alpha value is -1.61. The van der Waals surface area contributed by atoms with Crippen molar-refractivity contribution < 1.29 is 23.1 Å². The number of aliphatic hydroxyl groups is 1. The second kappa shape index (κ2) is 6.03. The van der Waals surface area contributed by atoms with Crippen LogP contribution in [-0.4, -0.2) is 43.4 Å². The highest BCUT2D eigenvalue weighted by Gasteiger charge is 2.63. The maximum Gasteiger partial charge on any atom is 0.438 e. The molecule has 1 aliphatic heterocycles. The van der Waals surface area contributed by atoms with Crippen molar-refractivity contribution in [1.29, 1.82) is 0 Å². The van der Waals surface area contributed by atoms with Crippen molar-refractivity contribution in [3.8, 4) is 0 Å². The minimum atomic E-state index is -5.03. The smallest absolute Gasteiger partial charge is 0.362 e. The molecule has 1 N–H and O–H groups in total. The zero-order valence-electron chi connectivity index (χ0n) is 13.6. The summed E-state index contributed by atoms with van der Waals surface area (Å²) in [6.45, 7) is 6.21. The fraction of sp³-hybridized carbons (Fsp3) is 0.643. The Bertz CT molecular complexity index is 701. The maximum absolute atomic E-state index is 13.3. The van der Waals surface area contributed by atoms with Crippen LogP contribution in [0, 0.1) is 13.8 Å². The minimum Gasteiger partial charge on any atom is -0.362 e. The number of nitrogens with zero attached hydrogens (tertiary/aromatic N) is 4. The molecule has 1 aliphatic rings. The van der Waals surface area contributed by atoms with Gasteiger partial charge in [0.05, 0.1) is 16.4 Å². The molecule has 134 valence electrons. The highest BCUT2D eigenvalue weighted by molar-refractivity contribution is 6.31. The van der Waals surface area contributed by atoms with Crippen LogP contribution in [0.25, 0.3) is 0 Å². The maximum atomic E-state index is 13.3. The largest absolute Gasteiger partial charge is 0.438 e. The molecule has 0 aromatic carbocycles. The number of rotatable bonds is 3. The summed E-state index contributed by atoms with van der Waals surface area (Å²) in [5.74, 6) is -0.989. The molecular formula is C14H18ClF3N4O2. The standard InChI is InChI=1S/C14H18ClF3N4O2/c1-5-10(21-9(4)11(15)8(3)20-21)12(23)22-13(24,14(16,17)18)6-7(2)19-22/h10,24H,5-6H2,1-4H3/t10-,13+/m0/s1. The molecule has 0 saturated carbocycles. The Morgan fingerprint density at radius 3 is 2.42 bits per heavy atom. The summed E-state index contributed by atoms with van der Waals surface area (Å²) in [5.41, 5.74) is -2.40. The summed E-state index contributed by atoms with van der Waals surface area (Å²) in [6, 6.07) is -1.06. The number of halogens is 4. The van der Waals surface area contributed by atoms with Gasteiger partial charge in [0, 0.05) is 12.1 Å². The molecular weight excluding hydrogens is 349 g/mol. The zero-order valence-corrected chi connectivity index (χ0v) is 14.4. The number of hydrazone groups is 1. The molecule has 1 aromatic rings. The van der Waals surface area contributed by atoms with Crippen LogP contribution in [0.1, 0.15) is 44.1 Å². The van der Waals surface area contributed by atoms with Gasteiger partial charge in [-0.05, 0) is 27.2 Å². The van der Waals surface area contributed by atoms with Crippen LogP contribution in [0.2, 0.25) is 5.02 Å². The van der Waals surface area contributed by atoms with Crippen LogP contribution >= 0.6 is 11.6 Å². The van der Waals surface area contributed by atoms with Gasteiger partial charge >= 0.3 is 6.18 Å². The predicted octanol–water partition coefficient (Wildman–Crippen LogP) is 2.96. The quantitative estimate of drug-likeness (QED) is 0.894. The highest BCUT2D eigenvalue weighted by atomic mass is 35.5. The van der Waals surface area contributed by atoms with Crippen molar-refractivity contribution in [2.75, 3.05) is 0 Å². The van der Waals surface area contributed by atoms with Crippen molar-refractivity contribution in [2.24, 2.45) is 5.10 Å². The van der Waals surface area contributed by atoms with Crippen LogP contribution in [-0.2, 0) is 4.79 Å². The summed E-state index contributed by atoms with van der Waals surface area (Å²) in [4.78, 5) is 12.7. The van der Waals surface area contributed by atoms with Crippen LogP contribution in [0.5, 0.6) is 0 Å². The van der Waals surface area contributed by atoms with Crippen LogP contribution < -0.4 is 0 Å². The number of aryl methyl sites for hydroxylation is 1. The Labute approximate surface area is 141 Å². The number of amides is 1. The van der Waals surface area contributed by atoms with Crippen LogP contribution in [0.4, 0.5) is 13.2 Å². The Balaban J connectivity index is 2.46. The third-order valence-corrected chi connectivity index (χ3v) is 4.54. The van der Waals surface area contributed by atoms with Gasteiger partial charge in [0.15, 0.2) is 0 Å². The van der Waals surface area contributed by atoms with E-state index in [0.29, 0.717) is 16.4 Å². The third-order valence-electron chi connectivity index (χ3n) is 3.99. The highest BCUT2D eigenvalue weighted by Crippen LogP contribution is 2.41. The molecule has 0 spiro atoms. The molecule has 10 heteroatoms. The zero-order chi connectivity index (χ0) is 18.4. The first-order chi connectivity index (χ1) is 10.9. The van der Waals surface area contributed by atoms with E-state index in [4.69, 9.17) is 11.6 Å². The third kappa shape index (κ3) is 2.79. The number of alkyl halides is 3. The normalized spacial score (nSPS) is 22.7. The fourth-order valence-corrected chi connectivity index (χ4v) is 2.84. The van der Waals surface area contributed by atoms with Gasteiger partial charge in [0.25, 0.3) is 11.6 Å². The summed E-state index contributed by atoms with van der Waals surface area (Å²) < 4.78 is 41.1. The molecule has 2 heterocycles. The summed E-state index contributed by atoms with van der Waals surface area (Å²) in [7, 11) is 0. The van der Waals surface area contributed by atoms with Gasteiger partial charge in [-0.2, -0.15) is 28.4 Å². The van der Waals surface area contributed by atoms with E-state index in [9.17, 15) is 23.1 Å². The molecule has 0 bridgehead atoms. The lowest BCUT2D eigenvalue weighted by Crippen LogP contribution is -2.58. The van der Waals surface area contributed by atoms with E-state index in [0.717, 1.165) is 0 Å². The lowest BCUT2D eigenvalue weighted by atomic mass is 10.1. The topological polar surface area (TPSA) is 70.7 Å². The van der Waals surface area contributed by atoms with Crippen LogP contribution in [0.3, 0.4) is 0 Å². The first-order valence-corrected chi connectivity index (χ1v) is 7.70. The monoisotopic (exact) mass is 366 g/mol. The van der Waals surface area contributed by atoms with Gasteiger partial charge in [-0.25, -0.2) is 0 Å². The first-order valence-electron chi connectivity index (χ1n) is 7.32. The van der Waals surface area contributed by atoms with E-state index in [1.807, 2.05) is 0 Å². The summed E-state index contributed by atoms with van der Waals surface area (Å²) >= 11 is 6.05. The molecule has 0 fully saturated rings. The fourth-order valence-electron chi connectivity index (χ4n) is 2.71. The lowest BCUT2D eigenvalue weighted by Gasteiger charge is -2.34. The van der Waals surface area contributed by atoms with Crippen molar-refractivity contribution in [3.05, 3.63) is 16.4 Å². The molecule has 0 unspecified atom stereocenters. The van der Waals surface area contributed by atoms with Crippen molar-refractivity contribution in [1.82, 2.24) is 14.8 Å². The molecule has 1 amide bonds. The number of aromatic nitrogens is 2. The SMILES string of the molecule is CC[C@@H](C(=O)N1N=C(C)C[C@@]1(O)C(F)(F)F)n1nc(C)c(Cl)c1C. The van der Waals surface area contributed by atoms with Gasteiger partial charge in [-0.3, -0.25) is 9.48 Å². The van der Waals surface area contributed by atoms with Gasteiger partial charge in [-0.1, -0.05) is 18.5 Å². The number of hydrogen-bond acceptors (Lipinski definition) is 4. The Morgan fingerprint density at radius 1 is 1.42 bits per heavy atom. The van der Waals surface area contributed by atoms with Gasteiger partial charge in [-0.15, -0.1) is 0 Å². The molecule has 2 rings (SSSR count). The Kier molecular flexibility index (Phi) is 4.71. The number of carbonyl (C=O) groups is 1. The summed E-state index contributed by atoms with van der Waals surface area (Å²) in [6.07, 6.45) is -5.65. The Morgan fingerprint density at radius 2 is 2.00 bits per heavy atom. The van der Waals surface area contributed by atoms with Crippen molar-refractivity contribution >= 4 is 23.2 Å². The van der Waals surface area contributed by atoms with E-state index in [1.165, 1.54) is 11.6 Å². The molecule has 6 nitrogen and oxygen atoms in total. The van der Waals surface area contributed by atoms with Gasteiger partial charge in [0.1, 0.15) is 6.04 Å². The predicted molar refractivity (Wildman–Crippen MR) is 81.6 cm³/mol. The summed E-state index contributed by atoms with van der Waals surface area (Å²) in [5, 5.41) is 18.3. The van der Waals surface area contributed by atoms with E-state index < -0.39 is 30.3 Å². The van der Waals surface area contributed by atoms with Gasteiger partial charge < -0.3 is 5.11 Å². The van der Waals surface area contributed by atoms with E-state index in [-0.39, 0.29) is 17.1 Å². The number of hydrogen-bond donors (Lipinski definition) is 1. The average Bonchev–Trinajstić information content (AvgIpc) is 2.92.